The van der Waals surface area contributed by atoms with Crippen LogP contribution in [0.3, 0.4) is 0 Å². The lowest BCUT2D eigenvalue weighted by atomic mass is 9.81. The van der Waals surface area contributed by atoms with Crippen molar-refractivity contribution in [1.82, 2.24) is 0 Å². The molecule has 0 aliphatic heterocycles. The number of hydrogen-bond donors (Lipinski definition) is 0. The summed E-state index contributed by atoms with van der Waals surface area (Å²) < 4.78 is 4.76. The quantitative estimate of drug-likeness (QED) is 0.673. The number of Topliss-reactive ketones (excluding diaryl/α,β-unsaturated/α-hetero) is 2. The third-order valence-corrected chi connectivity index (χ3v) is 2.97. The molecule has 0 radical (unpaired) electrons. The molecule has 0 spiro atoms. The first-order valence-electron chi connectivity index (χ1n) is 5.40. The van der Waals surface area contributed by atoms with Crippen LogP contribution < -0.4 is 0 Å². The van der Waals surface area contributed by atoms with E-state index in [0.717, 1.165) is 6.42 Å². The van der Waals surface area contributed by atoms with Gasteiger partial charge in [-0.3, -0.25) is 9.59 Å². The fourth-order valence-electron chi connectivity index (χ4n) is 1.15. The first kappa shape index (κ1) is 31.0. The summed E-state index contributed by atoms with van der Waals surface area (Å²) in [6.07, 6.45) is 1.13. The van der Waals surface area contributed by atoms with Crippen LogP contribution in [0.25, 0.3) is 0 Å². The fourth-order valence-corrected chi connectivity index (χ4v) is 1.15. The van der Waals surface area contributed by atoms with Crippen LogP contribution in [0.5, 0.6) is 0 Å². The standard InChI is InChI=1S/C12H22O3.4CH4/c1-6-12(3,4)11(14)7-9(2)10(13)8-15-5;;;;/h9H,6-8H2,1-5H3;4*1H4. The predicted octanol–water partition coefficient (Wildman–Crippen LogP) is 4.78. The molecule has 120 valence electrons. The van der Waals surface area contributed by atoms with Gasteiger partial charge in [0.05, 0.1) is 0 Å². The van der Waals surface area contributed by atoms with E-state index >= 15 is 0 Å². The Morgan fingerprint density at radius 2 is 1.53 bits per heavy atom. The third-order valence-electron chi connectivity index (χ3n) is 2.97. The maximum Gasteiger partial charge on any atom is 0.161 e. The van der Waals surface area contributed by atoms with Crippen LogP contribution >= 0.6 is 0 Å². The lowest BCUT2D eigenvalue weighted by Gasteiger charge is -2.22. The van der Waals surface area contributed by atoms with Gasteiger partial charge in [0.1, 0.15) is 12.4 Å². The molecule has 1 unspecified atom stereocenters. The molecule has 0 aliphatic carbocycles. The highest BCUT2D eigenvalue weighted by atomic mass is 16.5. The van der Waals surface area contributed by atoms with E-state index in [1.54, 1.807) is 6.92 Å². The molecule has 0 aromatic rings. The van der Waals surface area contributed by atoms with E-state index in [0.29, 0.717) is 6.42 Å². The zero-order valence-electron chi connectivity index (χ0n) is 10.4. The summed E-state index contributed by atoms with van der Waals surface area (Å²) in [6, 6.07) is 0. The minimum atomic E-state index is -0.318. The Labute approximate surface area is 122 Å². The minimum absolute atomic E-state index is 0. The zero-order valence-corrected chi connectivity index (χ0v) is 10.4. The van der Waals surface area contributed by atoms with Crippen molar-refractivity contribution in [1.29, 1.82) is 0 Å². The Bertz CT molecular complexity index is 232. The number of carbonyl (C=O) groups is 2. The highest BCUT2D eigenvalue weighted by Gasteiger charge is 2.28. The van der Waals surface area contributed by atoms with E-state index in [4.69, 9.17) is 4.74 Å². The summed E-state index contributed by atoms with van der Waals surface area (Å²) in [6.45, 7) is 7.71. The van der Waals surface area contributed by atoms with E-state index in [9.17, 15) is 9.59 Å². The fraction of sp³-hybridized carbons (Fsp3) is 0.875. The van der Waals surface area contributed by atoms with E-state index in [2.05, 4.69) is 0 Å². The van der Waals surface area contributed by atoms with Crippen molar-refractivity contribution in [3.05, 3.63) is 0 Å². The molecular weight excluding hydrogens is 240 g/mol. The Morgan fingerprint density at radius 1 is 1.11 bits per heavy atom. The van der Waals surface area contributed by atoms with Crippen LogP contribution in [0.15, 0.2) is 0 Å². The summed E-state index contributed by atoms with van der Waals surface area (Å²) in [5.74, 6) is -0.0806. The van der Waals surface area contributed by atoms with Gasteiger partial charge in [0, 0.05) is 24.9 Å². The van der Waals surface area contributed by atoms with Crippen LogP contribution in [-0.4, -0.2) is 25.3 Å². The van der Waals surface area contributed by atoms with Crippen LogP contribution in [0.1, 0.15) is 70.2 Å². The van der Waals surface area contributed by atoms with Crippen molar-refractivity contribution >= 4 is 11.6 Å². The summed E-state index contributed by atoms with van der Waals surface area (Å²) >= 11 is 0. The number of rotatable bonds is 7. The second kappa shape index (κ2) is 13.7. The van der Waals surface area contributed by atoms with Gasteiger partial charge in [-0.05, 0) is 6.42 Å². The Balaban J connectivity index is -0.000000163. The minimum Gasteiger partial charge on any atom is -0.377 e. The third kappa shape index (κ3) is 10.9. The summed E-state index contributed by atoms with van der Waals surface area (Å²) in [4.78, 5) is 23.2. The van der Waals surface area contributed by atoms with Crippen molar-refractivity contribution in [2.75, 3.05) is 13.7 Å². The number of carbonyl (C=O) groups excluding carboxylic acids is 2. The molecule has 0 saturated carbocycles. The monoisotopic (exact) mass is 278 g/mol. The van der Waals surface area contributed by atoms with Crippen LogP contribution in [0.2, 0.25) is 0 Å². The second-order valence-corrected chi connectivity index (χ2v) is 4.67. The largest absolute Gasteiger partial charge is 0.377 e. The normalized spacial score (nSPS) is 10.8. The average molecular weight is 278 g/mol. The van der Waals surface area contributed by atoms with Crippen molar-refractivity contribution in [2.24, 2.45) is 11.3 Å². The summed E-state index contributed by atoms with van der Waals surface area (Å²) in [5.41, 5.74) is -0.318. The smallest absolute Gasteiger partial charge is 0.161 e. The number of hydrogen-bond acceptors (Lipinski definition) is 3. The number of methoxy groups -OCH3 is 1. The molecule has 3 heteroatoms. The molecule has 0 N–H and O–H groups in total. The second-order valence-electron chi connectivity index (χ2n) is 4.67. The lowest BCUT2D eigenvalue weighted by molar-refractivity contribution is -0.133. The summed E-state index contributed by atoms with van der Waals surface area (Å²) in [5, 5.41) is 0. The highest BCUT2D eigenvalue weighted by Crippen LogP contribution is 2.24. The van der Waals surface area contributed by atoms with Gasteiger partial charge >= 0.3 is 0 Å². The number of ether oxygens (including phenoxy) is 1. The molecule has 1 atom stereocenters. The van der Waals surface area contributed by atoms with Gasteiger partial charge in [-0.2, -0.15) is 0 Å². The predicted molar refractivity (Wildman–Crippen MR) is 86.7 cm³/mol. The molecule has 0 heterocycles. The molecule has 3 nitrogen and oxygen atoms in total. The zero-order chi connectivity index (χ0) is 12.1. The lowest BCUT2D eigenvalue weighted by Crippen LogP contribution is -2.28. The highest BCUT2D eigenvalue weighted by molar-refractivity contribution is 5.90. The van der Waals surface area contributed by atoms with E-state index in [1.807, 2.05) is 20.8 Å². The maximum atomic E-state index is 11.8. The molecule has 0 rings (SSSR count). The molecule has 0 fully saturated rings. The molecule has 0 aromatic heterocycles. The van der Waals surface area contributed by atoms with E-state index in [1.165, 1.54) is 7.11 Å². The van der Waals surface area contributed by atoms with E-state index in [-0.39, 0.29) is 59.2 Å². The van der Waals surface area contributed by atoms with Gasteiger partial charge in [0.15, 0.2) is 5.78 Å². The van der Waals surface area contributed by atoms with Crippen molar-refractivity contribution < 1.29 is 14.3 Å². The van der Waals surface area contributed by atoms with Gasteiger partial charge in [0.2, 0.25) is 0 Å². The molecular formula is C16H38O3. The van der Waals surface area contributed by atoms with E-state index < -0.39 is 0 Å². The van der Waals surface area contributed by atoms with Crippen LogP contribution in [0, 0.1) is 11.3 Å². The first-order chi connectivity index (χ1) is 6.85. The molecule has 0 aliphatic rings. The maximum absolute atomic E-state index is 11.8. The Kier molecular flexibility index (Phi) is 22.4. The van der Waals surface area contributed by atoms with Crippen LogP contribution in [0.4, 0.5) is 0 Å². The molecule has 0 amide bonds. The van der Waals surface area contributed by atoms with Gasteiger partial charge < -0.3 is 4.74 Å². The Morgan fingerprint density at radius 3 is 1.84 bits per heavy atom. The topological polar surface area (TPSA) is 43.4 Å². The molecule has 0 bridgehead atoms. The molecule has 0 aromatic carbocycles. The summed E-state index contributed by atoms with van der Waals surface area (Å²) in [7, 11) is 1.49. The van der Waals surface area contributed by atoms with Crippen molar-refractivity contribution in [3.8, 4) is 0 Å². The average Bonchev–Trinajstić information content (AvgIpc) is 2.17. The van der Waals surface area contributed by atoms with Gasteiger partial charge in [-0.25, -0.2) is 0 Å². The Hall–Kier alpha value is -0.700. The van der Waals surface area contributed by atoms with Crippen molar-refractivity contribution in [2.45, 2.75) is 70.2 Å². The SMILES string of the molecule is C.C.C.C.CCC(C)(C)C(=O)CC(C)C(=O)COC. The van der Waals surface area contributed by atoms with Crippen molar-refractivity contribution in [3.63, 3.8) is 0 Å². The van der Waals surface area contributed by atoms with Gasteiger partial charge in [-0.1, -0.05) is 57.4 Å². The first-order valence-corrected chi connectivity index (χ1v) is 5.40. The molecule has 0 saturated heterocycles. The van der Waals surface area contributed by atoms with Crippen LogP contribution in [-0.2, 0) is 14.3 Å². The van der Waals surface area contributed by atoms with Gasteiger partial charge in [-0.15, -0.1) is 0 Å². The van der Waals surface area contributed by atoms with Gasteiger partial charge in [0.25, 0.3) is 0 Å². The molecule has 19 heavy (non-hydrogen) atoms. The number of ketones is 2.